The Balaban J connectivity index is 1.77. The number of imide groups is 2. The molecule has 0 aliphatic carbocycles. The standard InChI is InChI=1S/C19H13N3O8/c1-28-16-10(3-2-4-13(16)22(26)27)7-12-17(23)20-19(25)21(18(12)24)11-5-6-14-15(8-11)30-9-29-14/h2-8H,9H2,1H3,(H,20,23,25)/b12-7+. The summed E-state index contributed by atoms with van der Waals surface area (Å²) in [6, 6.07) is 7.55. The van der Waals surface area contributed by atoms with Crippen molar-refractivity contribution in [3.8, 4) is 17.2 Å². The van der Waals surface area contributed by atoms with Gasteiger partial charge in [0.25, 0.3) is 11.8 Å². The summed E-state index contributed by atoms with van der Waals surface area (Å²) in [5.41, 5.74) is -0.443. The molecule has 0 bridgehead atoms. The Morgan fingerprint density at radius 3 is 2.67 bits per heavy atom. The van der Waals surface area contributed by atoms with Crippen molar-refractivity contribution < 1.29 is 33.5 Å². The van der Waals surface area contributed by atoms with Crippen LogP contribution >= 0.6 is 0 Å². The van der Waals surface area contributed by atoms with Gasteiger partial charge in [-0.3, -0.25) is 25.0 Å². The second-order valence-corrected chi connectivity index (χ2v) is 6.15. The molecule has 4 rings (SSSR count). The number of amides is 4. The molecule has 152 valence electrons. The van der Waals surface area contributed by atoms with Crippen LogP contribution in [0.15, 0.2) is 42.0 Å². The van der Waals surface area contributed by atoms with Crippen molar-refractivity contribution in [2.45, 2.75) is 0 Å². The van der Waals surface area contributed by atoms with E-state index in [2.05, 4.69) is 5.32 Å². The van der Waals surface area contributed by atoms with Gasteiger partial charge in [-0.1, -0.05) is 12.1 Å². The molecule has 0 radical (unpaired) electrons. The Bertz CT molecular complexity index is 1140. The Kier molecular flexibility index (Phi) is 4.54. The number of rotatable bonds is 4. The van der Waals surface area contributed by atoms with E-state index in [0.717, 1.165) is 11.0 Å². The van der Waals surface area contributed by atoms with Crippen molar-refractivity contribution in [1.29, 1.82) is 0 Å². The molecule has 0 unspecified atom stereocenters. The number of hydrogen-bond acceptors (Lipinski definition) is 8. The molecule has 1 N–H and O–H groups in total. The summed E-state index contributed by atoms with van der Waals surface area (Å²) < 4.78 is 15.6. The summed E-state index contributed by atoms with van der Waals surface area (Å²) in [6.45, 7) is 0.00908. The summed E-state index contributed by atoms with van der Waals surface area (Å²) in [7, 11) is 1.23. The van der Waals surface area contributed by atoms with Crippen LogP contribution in [0.25, 0.3) is 6.08 Å². The topological polar surface area (TPSA) is 137 Å². The first-order valence-corrected chi connectivity index (χ1v) is 8.53. The number of anilines is 1. The first-order valence-electron chi connectivity index (χ1n) is 8.53. The predicted octanol–water partition coefficient (Wildman–Crippen LogP) is 2.00. The second-order valence-electron chi connectivity index (χ2n) is 6.15. The molecule has 11 nitrogen and oxygen atoms in total. The van der Waals surface area contributed by atoms with Gasteiger partial charge in [0.1, 0.15) is 5.57 Å². The van der Waals surface area contributed by atoms with Gasteiger partial charge in [0.2, 0.25) is 12.5 Å². The highest BCUT2D eigenvalue weighted by molar-refractivity contribution is 6.39. The summed E-state index contributed by atoms with van der Waals surface area (Å²) in [5, 5.41) is 13.3. The number of barbiturate groups is 1. The van der Waals surface area contributed by atoms with Crippen molar-refractivity contribution >= 4 is 35.3 Å². The predicted molar refractivity (Wildman–Crippen MR) is 101 cm³/mol. The fourth-order valence-electron chi connectivity index (χ4n) is 3.09. The third-order valence-corrected chi connectivity index (χ3v) is 4.44. The van der Waals surface area contributed by atoms with E-state index in [9.17, 15) is 24.5 Å². The van der Waals surface area contributed by atoms with Crippen LogP contribution in [-0.2, 0) is 9.59 Å². The van der Waals surface area contributed by atoms with Crippen molar-refractivity contribution in [2.75, 3.05) is 18.8 Å². The Morgan fingerprint density at radius 1 is 1.17 bits per heavy atom. The lowest BCUT2D eigenvalue weighted by molar-refractivity contribution is -0.385. The molecule has 2 aromatic rings. The number of para-hydroxylation sites is 1. The molecule has 0 atom stereocenters. The number of methoxy groups -OCH3 is 1. The van der Waals surface area contributed by atoms with Crippen LogP contribution in [-0.4, -0.2) is 36.7 Å². The van der Waals surface area contributed by atoms with Crippen LogP contribution in [0.3, 0.4) is 0 Å². The molecular formula is C19H13N3O8. The van der Waals surface area contributed by atoms with Crippen LogP contribution in [0.2, 0.25) is 0 Å². The van der Waals surface area contributed by atoms with Crippen molar-refractivity contribution in [1.82, 2.24) is 5.32 Å². The minimum absolute atomic E-state index is 0.00908. The van der Waals surface area contributed by atoms with Gasteiger partial charge in [-0.25, -0.2) is 9.69 Å². The molecule has 0 saturated carbocycles. The fraction of sp³-hybridized carbons (Fsp3) is 0.105. The first kappa shape index (κ1) is 18.9. The highest BCUT2D eigenvalue weighted by atomic mass is 16.7. The smallest absolute Gasteiger partial charge is 0.335 e. The largest absolute Gasteiger partial charge is 0.490 e. The number of carbonyl (C=O) groups is 3. The summed E-state index contributed by atoms with van der Waals surface area (Å²) in [5.74, 6) is -1.17. The van der Waals surface area contributed by atoms with E-state index >= 15 is 0 Å². The number of nitrogens with one attached hydrogen (secondary N) is 1. The van der Waals surface area contributed by atoms with Crippen LogP contribution in [0.5, 0.6) is 17.2 Å². The lowest BCUT2D eigenvalue weighted by atomic mass is 10.1. The summed E-state index contributed by atoms with van der Waals surface area (Å²) in [6.07, 6.45) is 1.13. The third kappa shape index (κ3) is 3.07. The number of nitrogens with zero attached hydrogens (tertiary/aromatic N) is 2. The van der Waals surface area contributed by atoms with Crippen LogP contribution < -0.4 is 24.4 Å². The monoisotopic (exact) mass is 411 g/mol. The number of urea groups is 1. The number of benzene rings is 2. The average molecular weight is 411 g/mol. The van der Waals surface area contributed by atoms with Gasteiger partial charge in [0.05, 0.1) is 17.7 Å². The van der Waals surface area contributed by atoms with E-state index in [1.807, 2.05) is 0 Å². The normalized spacial score (nSPS) is 16.6. The molecule has 2 aliphatic rings. The number of hydrogen-bond donors (Lipinski definition) is 1. The molecule has 2 aliphatic heterocycles. The van der Waals surface area contributed by atoms with Crippen molar-refractivity contribution in [3.05, 3.63) is 57.6 Å². The maximum atomic E-state index is 13.0. The third-order valence-electron chi connectivity index (χ3n) is 4.44. The minimum Gasteiger partial charge on any atom is -0.490 e. The molecular weight excluding hydrogens is 398 g/mol. The molecule has 1 saturated heterocycles. The second kappa shape index (κ2) is 7.20. The molecule has 4 amide bonds. The maximum Gasteiger partial charge on any atom is 0.335 e. The lowest BCUT2D eigenvalue weighted by Gasteiger charge is -2.26. The fourth-order valence-corrected chi connectivity index (χ4v) is 3.09. The van der Waals surface area contributed by atoms with Gasteiger partial charge in [0, 0.05) is 17.7 Å². The SMILES string of the molecule is COc1c(/C=C2\C(=O)NC(=O)N(c3ccc4c(c3)OCO4)C2=O)cccc1[N+](=O)[O-]. The quantitative estimate of drug-likeness (QED) is 0.349. The average Bonchev–Trinajstić information content (AvgIpc) is 3.18. The van der Waals surface area contributed by atoms with Crippen LogP contribution in [0, 0.1) is 10.1 Å². The van der Waals surface area contributed by atoms with E-state index in [-0.39, 0.29) is 29.5 Å². The van der Waals surface area contributed by atoms with Crippen molar-refractivity contribution in [3.63, 3.8) is 0 Å². The van der Waals surface area contributed by atoms with Gasteiger partial charge >= 0.3 is 11.7 Å². The van der Waals surface area contributed by atoms with Crippen molar-refractivity contribution in [2.24, 2.45) is 0 Å². The Hall–Kier alpha value is -4.41. The Labute approximate surface area is 168 Å². The zero-order chi connectivity index (χ0) is 21.4. The van der Waals surface area contributed by atoms with Crippen LogP contribution in [0.4, 0.5) is 16.2 Å². The Morgan fingerprint density at radius 2 is 1.93 bits per heavy atom. The number of ether oxygens (including phenoxy) is 3. The van der Waals surface area contributed by atoms with Gasteiger partial charge in [-0.2, -0.15) is 0 Å². The highest BCUT2D eigenvalue weighted by Crippen LogP contribution is 2.37. The van der Waals surface area contributed by atoms with Gasteiger partial charge in [0.15, 0.2) is 11.5 Å². The summed E-state index contributed by atoms with van der Waals surface area (Å²) >= 11 is 0. The highest BCUT2D eigenvalue weighted by Gasteiger charge is 2.37. The van der Waals surface area contributed by atoms with E-state index in [4.69, 9.17) is 14.2 Å². The molecule has 0 aromatic heterocycles. The van der Waals surface area contributed by atoms with Gasteiger partial charge in [-0.05, 0) is 18.2 Å². The molecule has 1 fully saturated rings. The molecule has 11 heteroatoms. The van der Waals surface area contributed by atoms with E-state index in [0.29, 0.717) is 11.5 Å². The molecule has 2 aromatic carbocycles. The minimum atomic E-state index is -0.938. The number of carbonyl (C=O) groups excluding carboxylic acids is 3. The van der Waals surface area contributed by atoms with Gasteiger partial charge in [-0.15, -0.1) is 0 Å². The van der Waals surface area contributed by atoms with E-state index in [1.165, 1.54) is 43.5 Å². The van der Waals surface area contributed by atoms with Gasteiger partial charge < -0.3 is 14.2 Å². The molecule has 30 heavy (non-hydrogen) atoms. The van der Waals surface area contributed by atoms with E-state index < -0.39 is 28.3 Å². The first-order chi connectivity index (χ1) is 14.4. The maximum absolute atomic E-state index is 13.0. The number of nitro groups is 1. The molecule has 0 spiro atoms. The molecule has 2 heterocycles. The summed E-state index contributed by atoms with van der Waals surface area (Å²) in [4.78, 5) is 49.0. The number of fused-ring (bicyclic) bond motifs is 1. The van der Waals surface area contributed by atoms with Crippen LogP contribution in [0.1, 0.15) is 5.56 Å². The zero-order valence-electron chi connectivity index (χ0n) is 15.4. The zero-order valence-corrected chi connectivity index (χ0v) is 15.4. The lowest BCUT2D eigenvalue weighted by Crippen LogP contribution is -2.54. The number of nitro benzene ring substituents is 1. The van der Waals surface area contributed by atoms with E-state index in [1.54, 1.807) is 0 Å².